The first-order chi connectivity index (χ1) is 9.95. The van der Waals surface area contributed by atoms with Crippen molar-refractivity contribution in [2.75, 3.05) is 19.8 Å². The summed E-state index contributed by atoms with van der Waals surface area (Å²) in [6.45, 7) is 3.66. The van der Waals surface area contributed by atoms with Gasteiger partial charge in [-0.05, 0) is 54.1 Å². The zero-order valence-corrected chi connectivity index (χ0v) is 14.3. The van der Waals surface area contributed by atoms with Crippen LogP contribution in [0.5, 0.6) is 0 Å². The number of aliphatic hydroxyl groups is 2. The molecule has 2 rings (SSSR count). The quantitative estimate of drug-likeness (QED) is 0.704. The van der Waals surface area contributed by atoms with Gasteiger partial charge in [0.2, 0.25) is 0 Å². The van der Waals surface area contributed by atoms with Crippen molar-refractivity contribution >= 4 is 22.6 Å². The second-order valence-corrected chi connectivity index (χ2v) is 6.69. The molecule has 2 N–H and O–H groups in total. The molecule has 1 aromatic rings. The maximum absolute atomic E-state index is 9.56. The molecule has 0 aliphatic carbocycles. The highest BCUT2D eigenvalue weighted by Gasteiger charge is 2.38. The summed E-state index contributed by atoms with van der Waals surface area (Å²) in [6.07, 6.45) is -1.38. The van der Waals surface area contributed by atoms with Crippen molar-refractivity contribution in [3.05, 3.63) is 33.4 Å². The van der Waals surface area contributed by atoms with E-state index < -0.39 is 18.0 Å². The lowest BCUT2D eigenvalue weighted by atomic mass is 10.1. The lowest BCUT2D eigenvalue weighted by Crippen LogP contribution is -2.37. The lowest BCUT2D eigenvalue weighted by molar-refractivity contribution is -0.171. The van der Waals surface area contributed by atoms with Crippen LogP contribution in [-0.2, 0) is 14.2 Å². The zero-order valence-electron chi connectivity index (χ0n) is 12.2. The van der Waals surface area contributed by atoms with Crippen LogP contribution in [0.4, 0.5) is 0 Å². The molecule has 5 nitrogen and oxygen atoms in total. The molecule has 1 aliphatic heterocycles. The van der Waals surface area contributed by atoms with Crippen LogP contribution < -0.4 is 0 Å². The monoisotopic (exact) mass is 408 g/mol. The molecule has 0 unspecified atom stereocenters. The van der Waals surface area contributed by atoms with E-state index in [0.29, 0.717) is 6.61 Å². The van der Waals surface area contributed by atoms with Crippen molar-refractivity contribution in [1.82, 2.24) is 0 Å². The predicted octanol–water partition coefficient (Wildman–Crippen LogP) is 1.85. The van der Waals surface area contributed by atoms with Crippen molar-refractivity contribution in [3.63, 3.8) is 0 Å². The maximum Gasteiger partial charge on any atom is 0.163 e. The van der Waals surface area contributed by atoms with E-state index in [-0.39, 0.29) is 19.3 Å². The molecule has 21 heavy (non-hydrogen) atoms. The Morgan fingerprint density at radius 2 is 1.95 bits per heavy atom. The van der Waals surface area contributed by atoms with Crippen molar-refractivity contribution in [1.29, 1.82) is 0 Å². The van der Waals surface area contributed by atoms with E-state index in [9.17, 15) is 10.2 Å². The number of rotatable bonds is 6. The Kier molecular flexibility index (Phi) is 5.98. The fourth-order valence-corrected chi connectivity index (χ4v) is 2.62. The summed E-state index contributed by atoms with van der Waals surface area (Å²) < 4.78 is 18.2. The number of benzene rings is 1. The zero-order chi connectivity index (χ0) is 15.5. The van der Waals surface area contributed by atoms with Crippen molar-refractivity contribution < 1.29 is 24.4 Å². The first kappa shape index (κ1) is 17.1. The highest BCUT2D eigenvalue weighted by atomic mass is 127. The molecular weight excluding hydrogens is 387 g/mol. The van der Waals surface area contributed by atoms with E-state index in [1.165, 1.54) is 0 Å². The second-order valence-electron chi connectivity index (χ2n) is 5.45. The molecule has 0 spiro atoms. The van der Waals surface area contributed by atoms with E-state index in [0.717, 1.165) is 9.13 Å². The van der Waals surface area contributed by atoms with Gasteiger partial charge in [0.1, 0.15) is 18.3 Å². The summed E-state index contributed by atoms with van der Waals surface area (Å²) in [5, 5.41) is 19.1. The average Bonchev–Trinajstić information content (AvgIpc) is 2.82. The molecule has 1 aromatic carbocycles. The summed E-state index contributed by atoms with van der Waals surface area (Å²) >= 11 is 2.22. The topological polar surface area (TPSA) is 68.2 Å². The third-order valence-corrected chi connectivity index (χ3v) is 4.09. The second kappa shape index (κ2) is 7.34. The van der Waals surface area contributed by atoms with Crippen LogP contribution in [0.25, 0.3) is 0 Å². The van der Waals surface area contributed by atoms with Gasteiger partial charge in [0.15, 0.2) is 5.79 Å². The smallest absolute Gasteiger partial charge is 0.163 e. The van der Waals surface area contributed by atoms with Crippen molar-refractivity contribution in [3.8, 4) is 0 Å². The number of halogens is 1. The Bertz CT molecular complexity index is 448. The van der Waals surface area contributed by atoms with Crippen LogP contribution in [0, 0.1) is 3.57 Å². The van der Waals surface area contributed by atoms with Crippen LogP contribution in [0.1, 0.15) is 25.5 Å². The minimum atomic E-state index is -0.668. The van der Waals surface area contributed by atoms with E-state index >= 15 is 0 Å². The van der Waals surface area contributed by atoms with Crippen LogP contribution in [0.2, 0.25) is 0 Å². The van der Waals surface area contributed by atoms with Gasteiger partial charge in [0.25, 0.3) is 0 Å². The third-order valence-electron chi connectivity index (χ3n) is 3.37. The fourth-order valence-electron chi connectivity index (χ4n) is 2.26. The molecule has 0 amide bonds. The Morgan fingerprint density at radius 3 is 2.43 bits per heavy atom. The average molecular weight is 408 g/mol. The summed E-state index contributed by atoms with van der Waals surface area (Å²) in [6, 6.07) is 7.72. The van der Waals surface area contributed by atoms with E-state index in [1.54, 1.807) is 0 Å². The Hall–Kier alpha value is -0.250. The largest absolute Gasteiger partial charge is 0.394 e. The summed E-state index contributed by atoms with van der Waals surface area (Å²) in [4.78, 5) is 0. The van der Waals surface area contributed by atoms with Gasteiger partial charge >= 0.3 is 0 Å². The molecule has 1 heterocycles. The molecule has 0 saturated carbocycles. The Balaban J connectivity index is 2.03. The van der Waals surface area contributed by atoms with Gasteiger partial charge in [0, 0.05) is 3.57 Å². The minimum absolute atomic E-state index is 0.159. The van der Waals surface area contributed by atoms with Gasteiger partial charge in [0.05, 0.1) is 19.8 Å². The van der Waals surface area contributed by atoms with E-state index in [2.05, 4.69) is 22.6 Å². The van der Waals surface area contributed by atoms with Gasteiger partial charge in [-0.15, -0.1) is 0 Å². The van der Waals surface area contributed by atoms with Crippen LogP contribution in [-0.4, -0.2) is 48.0 Å². The number of hydrogen-bond acceptors (Lipinski definition) is 5. The predicted molar refractivity (Wildman–Crippen MR) is 85.8 cm³/mol. The van der Waals surface area contributed by atoms with Crippen LogP contribution in [0.15, 0.2) is 24.3 Å². The third kappa shape index (κ3) is 4.61. The first-order valence-corrected chi connectivity index (χ1v) is 7.97. The number of aliphatic hydroxyl groups excluding tert-OH is 2. The highest BCUT2D eigenvalue weighted by molar-refractivity contribution is 14.1. The molecule has 118 valence electrons. The van der Waals surface area contributed by atoms with Gasteiger partial charge in [-0.3, -0.25) is 0 Å². The first-order valence-electron chi connectivity index (χ1n) is 6.89. The molecule has 6 heteroatoms. The molecule has 1 aliphatic rings. The molecule has 0 radical (unpaired) electrons. The molecule has 0 bridgehead atoms. The molecule has 3 atom stereocenters. The SMILES string of the molecule is CC1(C)OC[C@H]([C@@H](CO)O[C@@H](CO)c2ccc(I)cc2)O1. The van der Waals surface area contributed by atoms with Gasteiger partial charge in [-0.1, -0.05) is 12.1 Å². The van der Waals surface area contributed by atoms with E-state index in [4.69, 9.17) is 14.2 Å². The van der Waals surface area contributed by atoms with Gasteiger partial charge in [-0.25, -0.2) is 0 Å². The van der Waals surface area contributed by atoms with Crippen molar-refractivity contribution in [2.45, 2.75) is 37.9 Å². The molecule has 1 saturated heterocycles. The Morgan fingerprint density at radius 1 is 1.29 bits per heavy atom. The summed E-state index contributed by atoms with van der Waals surface area (Å²) in [7, 11) is 0. The fraction of sp³-hybridized carbons (Fsp3) is 0.600. The lowest BCUT2D eigenvalue weighted by Gasteiger charge is -2.27. The Labute approximate surface area is 138 Å². The minimum Gasteiger partial charge on any atom is -0.394 e. The summed E-state index contributed by atoms with van der Waals surface area (Å²) in [5.41, 5.74) is 0.870. The van der Waals surface area contributed by atoms with Gasteiger partial charge < -0.3 is 24.4 Å². The summed E-state index contributed by atoms with van der Waals surface area (Å²) in [5.74, 6) is -0.668. The molecular formula is C15H21IO5. The van der Waals surface area contributed by atoms with Crippen molar-refractivity contribution in [2.24, 2.45) is 0 Å². The van der Waals surface area contributed by atoms with Gasteiger partial charge in [-0.2, -0.15) is 0 Å². The number of hydrogen-bond donors (Lipinski definition) is 2. The van der Waals surface area contributed by atoms with E-state index in [1.807, 2.05) is 38.1 Å². The maximum atomic E-state index is 9.56. The van der Waals surface area contributed by atoms with Crippen LogP contribution >= 0.6 is 22.6 Å². The number of ether oxygens (including phenoxy) is 3. The highest BCUT2D eigenvalue weighted by Crippen LogP contribution is 2.28. The normalized spacial score (nSPS) is 24.0. The molecule has 1 fully saturated rings. The standard InChI is InChI=1S/C15H21IO5/c1-15(2)19-9-14(21-15)13(8-18)20-12(7-17)10-3-5-11(16)6-4-10/h3-6,12-14,17-18H,7-9H2,1-2H3/t12-,13+,14+/m0/s1. The molecule has 0 aromatic heterocycles. The van der Waals surface area contributed by atoms with Crippen LogP contribution in [0.3, 0.4) is 0 Å².